The van der Waals surface area contributed by atoms with E-state index in [2.05, 4.69) is 5.32 Å². The van der Waals surface area contributed by atoms with Gasteiger partial charge in [-0.05, 0) is 18.6 Å². The van der Waals surface area contributed by atoms with Crippen molar-refractivity contribution in [2.75, 3.05) is 11.1 Å². The molecule has 0 spiro atoms. The number of hydrogen-bond acceptors (Lipinski definition) is 3. The van der Waals surface area contributed by atoms with E-state index in [-0.39, 0.29) is 6.04 Å². The van der Waals surface area contributed by atoms with Crippen LogP contribution in [-0.4, -0.2) is 20.2 Å². The van der Waals surface area contributed by atoms with Gasteiger partial charge in [-0.1, -0.05) is 25.1 Å². The Morgan fingerprint density at radius 2 is 1.93 bits per heavy atom. The first kappa shape index (κ1) is 12.0. The number of anilines is 1. The zero-order valence-electron chi connectivity index (χ0n) is 8.48. The number of halogens is 1. The van der Waals surface area contributed by atoms with Crippen molar-refractivity contribution in [2.24, 2.45) is 0 Å². The third kappa shape index (κ3) is 4.78. The van der Waals surface area contributed by atoms with Crippen LogP contribution in [0.25, 0.3) is 0 Å². The van der Waals surface area contributed by atoms with Crippen LogP contribution in [0.2, 0.25) is 0 Å². The van der Waals surface area contributed by atoms with Crippen molar-refractivity contribution in [3.8, 4) is 0 Å². The van der Waals surface area contributed by atoms with E-state index in [4.69, 9.17) is 0 Å². The van der Waals surface area contributed by atoms with Crippen LogP contribution >= 0.6 is 0 Å². The highest BCUT2D eigenvalue weighted by molar-refractivity contribution is 7.86. The van der Waals surface area contributed by atoms with Crippen molar-refractivity contribution in [3.63, 3.8) is 0 Å². The van der Waals surface area contributed by atoms with E-state index in [1.54, 1.807) is 0 Å². The highest BCUT2D eigenvalue weighted by atomic mass is 32.3. The first-order valence-electron chi connectivity index (χ1n) is 4.75. The van der Waals surface area contributed by atoms with Crippen molar-refractivity contribution < 1.29 is 12.3 Å². The molecule has 1 aromatic rings. The van der Waals surface area contributed by atoms with Crippen LogP contribution < -0.4 is 5.32 Å². The third-order valence-electron chi connectivity index (χ3n) is 2.04. The maximum Gasteiger partial charge on any atom is 0.304 e. The predicted octanol–water partition coefficient (Wildman–Crippen LogP) is 2.18. The summed E-state index contributed by atoms with van der Waals surface area (Å²) >= 11 is 0. The van der Waals surface area contributed by atoms with E-state index in [0.29, 0.717) is 6.42 Å². The fourth-order valence-corrected chi connectivity index (χ4v) is 2.07. The Morgan fingerprint density at radius 3 is 2.40 bits per heavy atom. The van der Waals surface area contributed by atoms with Gasteiger partial charge in [0.15, 0.2) is 0 Å². The lowest BCUT2D eigenvalue weighted by Crippen LogP contribution is -2.26. The molecule has 0 aromatic heterocycles. The summed E-state index contributed by atoms with van der Waals surface area (Å²) in [5.41, 5.74) is 0.799. The smallest absolute Gasteiger partial charge is 0.304 e. The molecule has 0 saturated carbocycles. The monoisotopic (exact) mass is 231 g/mol. The Balaban J connectivity index is 2.63. The minimum atomic E-state index is -4.42. The second-order valence-corrected chi connectivity index (χ2v) is 4.73. The van der Waals surface area contributed by atoms with Gasteiger partial charge in [0.25, 0.3) is 0 Å². The van der Waals surface area contributed by atoms with E-state index in [9.17, 15) is 12.3 Å². The highest BCUT2D eigenvalue weighted by Gasteiger charge is 2.16. The maximum atomic E-state index is 12.5. The zero-order chi connectivity index (χ0) is 11.3. The third-order valence-corrected chi connectivity index (χ3v) is 2.84. The Hall–Kier alpha value is -1.10. The highest BCUT2D eigenvalue weighted by Crippen LogP contribution is 2.10. The molecule has 5 heteroatoms. The SMILES string of the molecule is CCC(CS(=O)(=O)F)Nc1ccccc1. The summed E-state index contributed by atoms with van der Waals surface area (Å²) in [6.07, 6.45) is 0.554. The van der Waals surface area contributed by atoms with Crippen molar-refractivity contribution >= 4 is 15.9 Å². The van der Waals surface area contributed by atoms with Crippen LogP contribution in [0, 0.1) is 0 Å². The summed E-state index contributed by atoms with van der Waals surface area (Å²) in [6, 6.07) is 8.76. The topological polar surface area (TPSA) is 46.2 Å². The molecule has 0 aliphatic rings. The Bertz CT molecular complexity index is 391. The van der Waals surface area contributed by atoms with Crippen LogP contribution in [0.15, 0.2) is 30.3 Å². The summed E-state index contributed by atoms with van der Waals surface area (Å²) in [5.74, 6) is -0.488. The van der Waals surface area contributed by atoms with Crippen molar-refractivity contribution in [1.29, 1.82) is 0 Å². The van der Waals surface area contributed by atoms with Crippen molar-refractivity contribution in [2.45, 2.75) is 19.4 Å². The van der Waals surface area contributed by atoms with E-state index in [1.165, 1.54) is 0 Å². The number of benzene rings is 1. The molecule has 1 rings (SSSR count). The lowest BCUT2D eigenvalue weighted by atomic mass is 10.2. The van der Waals surface area contributed by atoms with Crippen LogP contribution in [-0.2, 0) is 10.2 Å². The standard InChI is InChI=1S/C10H14FNO2S/c1-2-9(8-15(11,13)14)12-10-6-4-3-5-7-10/h3-7,9,12H,2,8H2,1H3. The van der Waals surface area contributed by atoms with Crippen LogP contribution in [0.1, 0.15) is 13.3 Å². The molecule has 1 unspecified atom stereocenters. The first-order valence-corrected chi connectivity index (χ1v) is 6.30. The van der Waals surface area contributed by atoms with Gasteiger partial charge >= 0.3 is 10.2 Å². The molecular formula is C10H14FNO2S. The summed E-state index contributed by atoms with van der Waals surface area (Å²) in [5, 5.41) is 2.97. The average Bonchev–Trinajstić information content (AvgIpc) is 2.16. The Labute approximate surface area is 89.5 Å². The van der Waals surface area contributed by atoms with Crippen LogP contribution in [0.5, 0.6) is 0 Å². The van der Waals surface area contributed by atoms with Crippen LogP contribution in [0.4, 0.5) is 9.57 Å². The van der Waals surface area contributed by atoms with Gasteiger partial charge in [0.2, 0.25) is 0 Å². The van der Waals surface area contributed by atoms with Crippen molar-refractivity contribution in [1.82, 2.24) is 0 Å². The molecule has 0 fully saturated rings. The van der Waals surface area contributed by atoms with Crippen LogP contribution in [0.3, 0.4) is 0 Å². The maximum absolute atomic E-state index is 12.5. The lowest BCUT2D eigenvalue weighted by molar-refractivity contribution is 0.544. The second-order valence-electron chi connectivity index (χ2n) is 3.32. The molecule has 15 heavy (non-hydrogen) atoms. The largest absolute Gasteiger partial charge is 0.381 e. The predicted molar refractivity (Wildman–Crippen MR) is 59.0 cm³/mol. The molecular weight excluding hydrogens is 217 g/mol. The van der Waals surface area contributed by atoms with Gasteiger partial charge in [-0.3, -0.25) is 0 Å². The van der Waals surface area contributed by atoms with E-state index in [1.807, 2.05) is 37.3 Å². The number of rotatable bonds is 5. The molecule has 3 nitrogen and oxygen atoms in total. The van der Waals surface area contributed by atoms with E-state index >= 15 is 0 Å². The molecule has 1 aromatic carbocycles. The Morgan fingerprint density at radius 1 is 1.33 bits per heavy atom. The second kappa shape index (κ2) is 5.11. The molecule has 0 aliphatic carbocycles. The van der Waals surface area contributed by atoms with Gasteiger partial charge < -0.3 is 5.32 Å². The van der Waals surface area contributed by atoms with Gasteiger partial charge in [-0.15, -0.1) is 3.89 Å². The molecule has 1 N–H and O–H groups in total. The normalized spacial score (nSPS) is 13.5. The average molecular weight is 231 g/mol. The molecule has 0 bridgehead atoms. The van der Waals surface area contributed by atoms with Gasteiger partial charge in [-0.25, -0.2) is 0 Å². The number of nitrogens with one attached hydrogen (secondary N) is 1. The van der Waals surface area contributed by atoms with Crippen molar-refractivity contribution in [3.05, 3.63) is 30.3 Å². The fourth-order valence-electron chi connectivity index (χ4n) is 1.27. The molecule has 0 saturated heterocycles. The van der Waals surface area contributed by atoms with Gasteiger partial charge in [0.1, 0.15) is 0 Å². The molecule has 1 atom stereocenters. The molecule has 0 radical (unpaired) electrons. The van der Waals surface area contributed by atoms with Gasteiger partial charge in [0.05, 0.1) is 5.75 Å². The van der Waals surface area contributed by atoms with E-state index in [0.717, 1.165) is 5.69 Å². The van der Waals surface area contributed by atoms with Gasteiger partial charge in [-0.2, -0.15) is 8.42 Å². The summed E-state index contributed by atoms with van der Waals surface area (Å²) in [4.78, 5) is 0. The fraction of sp³-hybridized carbons (Fsp3) is 0.400. The summed E-state index contributed by atoms with van der Waals surface area (Å²) in [6.45, 7) is 1.81. The Kier molecular flexibility index (Phi) is 4.08. The van der Waals surface area contributed by atoms with Gasteiger partial charge in [0, 0.05) is 11.7 Å². The first-order chi connectivity index (χ1) is 7.01. The minimum absolute atomic E-state index is 0.387. The molecule has 0 amide bonds. The number of hydrogen-bond donors (Lipinski definition) is 1. The quantitative estimate of drug-likeness (QED) is 0.790. The van der Waals surface area contributed by atoms with E-state index < -0.39 is 16.0 Å². The summed E-state index contributed by atoms with van der Waals surface area (Å²) < 4.78 is 33.4. The molecule has 0 aliphatic heterocycles. The molecule has 84 valence electrons. The molecule has 0 heterocycles. The minimum Gasteiger partial charge on any atom is -0.381 e. The summed E-state index contributed by atoms with van der Waals surface area (Å²) in [7, 11) is -4.42. The lowest BCUT2D eigenvalue weighted by Gasteiger charge is -2.15. The zero-order valence-corrected chi connectivity index (χ0v) is 9.30. The number of para-hydroxylation sites is 1.